The van der Waals surface area contributed by atoms with Gasteiger partial charge in [-0.2, -0.15) is 5.10 Å². The van der Waals surface area contributed by atoms with Crippen molar-refractivity contribution in [1.82, 2.24) is 20.1 Å². The van der Waals surface area contributed by atoms with Gasteiger partial charge in [-0.1, -0.05) is 13.8 Å². The van der Waals surface area contributed by atoms with Crippen molar-refractivity contribution in [2.24, 2.45) is 0 Å². The van der Waals surface area contributed by atoms with Gasteiger partial charge in [0, 0.05) is 18.9 Å². The molecular weight excluding hydrogens is 272 g/mol. The van der Waals surface area contributed by atoms with Crippen molar-refractivity contribution in [3.05, 3.63) is 23.5 Å². The Hall–Kier alpha value is -1.89. The third kappa shape index (κ3) is 2.92. The number of amides is 1. The maximum atomic E-state index is 12.4. The standard InChI is InChI=1S/C14H20N4O3/c1-9(2)12-15-13(17-16-12)11-7-18(4-6-21-11)14(19)10-3-5-20-8-10/h8-9,11H,3-7H2,1-2H3,(H,15,16,17)/t11-/m1/s1. The van der Waals surface area contributed by atoms with Gasteiger partial charge < -0.3 is 14.4 Å². The van der Waals surface area contributed by atoms with Gasteiger partial charge in [-0.3, -0.25) is 9.89 Å². The first-order valence-electron chi connectivity index (χ1n) is 7.29. The van der Waals surface area contributed by atoms with Gasteiger partial charge in [0.05, 0.1) is 31.6 Å². The molecule has 1 N–H and O–H groups in total. The van der Waals surface area contributed by atoms with Crippen LogP contribution in [0.4, 0.5) is 0 Å². The predicted molar refractivity (Wildman–Crippen MR) is 74.4 cm³/mol. The van der Waals surface area contributed by atoms with E-state index >= 15 is 0 Å². The fourth-order valence-electron chi connectivity index (χ4n) is 2.44. The molecule has 0 aliphatic carbocycles. The largest absolute Gasteiger partial charge is 0.500 e. The van der Waals surface area contributed by atoms with Crippen molar-refractivity contribution in [2.75, 3.05) is 26.3 Å². The van der Waals surface area contributed by atoms with Crippen molar-refractivity contribution in [3.8, 4) is 0 Å². The Morgan fingerprint density at radius 2 is 2.33 bits per heavy atom. The Kier molecular flexibility index (Phi) is 3.92. The highest BCUT2D eigenvalue weighted by Gasteiger charge is 2.30. The molecule has 1 aromatic rings. The SMILES string of the molecule is CC(C)c1n[nH]c([C@H]2CN(C(=O)C3=COCC3)CCO2)n1. The molecule has 3 heterocycles. The van der Waals surface area contributed by atoms with Crippen molar-refractivity contribution >= 4 is 5.91 Å². The number of aromatic nitrogens is 3. The molecule has 0 bridgehead atoms. The summed E-state index contributed by atoms with van der Waals surface area (Å²) >= 11 is 0. The highest BCUT2D eigenvalue weighted by Crippen LogP contribution is 2.23. The number of ether oxygens (including phenoxy) is 2. The lowest BCUT2D eigenvalue weighted by Gasteiger charge is -2.32. The predicted octanol–water partition coefficient (Wildman–Crippen LogP) is 1.13. The molecule has 1 atom stereocenters. The summed E-state index contributed by atoms with van der Waals surface area (Å²) in [5.41, 5.74) is 0.732. The number of hydrogen-bond donors (Lipinski definition) is 1. The van der Waals surface area contributed by atoms with Crippen LogP contribution in [0.25, 0.3) is 0 Å². The summed E-state index contributed by atoms with van der Waals surface area (Å²) < 4.78 is 10.9. The van der Waals surface area contributed by atoms with E-state index in [1.54, 1.807) is 11.2 Å². The highest BCUT2D eigenvalue weighted by molar-refractivity contribution is 5.93. The maximum absolute atomic E-state index is 12.4. The molecule has 3 rings (SSSR count). The summed E-state index contributed by atoms with van der Waals surface area (Å²) in [7, 11) is 0. The Morgan fingerprint density at radius 3 is 3.00 bits per heavy atom. The van der Waals surface area contributed by atoms with Crippen molar-refractivity contribution in [3.63, 3.8) is 0 Å². The van der Waals surface area contributed by atoms with Crippen LogP contribution in [-0.4, -0.2) is 52.3 Å². The van der Waals surface area contributed by atoms with Gasteiger partial charge >= 0.3 is 0 Å². The van der Waals surface area contributed by atoms with Crippen LogP contribution in [0.2, 0.25) is 0 Å². The number of nitrogens with one attached hydrogen (secondary N) is 1. The summed E-state index contributed by atoms with van der Waals surface area (Å²) in [4.78, 5) is 18.6. The zero-order valence-electron chi connectivity index (χ0n) is 12.3. The summed E-state index contributed by atoms with van der Waals surface area (Å²) in [5, 5.41) is 7.11. The fourth-order valence-corrected chi connectivity index (χ4v) is 2.44. The average Bonchev–Trinajstić information content (AvgIpc) is 3.18. The third-order valence-electron chi connectivity index (χ3n) is 3.68. The van der Waals surface area contributed by atoms with Crippen molar-refractivity contribution < 1.29 is 14.3 Å². The Labute approximate surface area is 123 Å². The van der Waals surface area contributed by atoms with Crippen LogP contribution in [0.15, 0.2) is 11.8 Å². The van der Waals surface area contributed by atoms with E-state index in [1.807, 2.05) is 13.8 Å². The number of carbonyl (C=O) groups excluding carboxylic acids is 1. The van der Waals surface area contributed by atoms with Gasteiger partial charge in [0.2, 0.25) is 0 Å². The van der Waals surface area contributed by atoms with E-state index in [4.69, 9.17) is 9.47 Å². The molecule has 1 amide bonds. The Morgan fingerprint density at radius 1 is 1.48 bits per heavy atom. The minimum Gasteiger partial charge on any atom is -0.500 e. The zero-order valence-corrected chi connectivity index (χ0v) is 12.3. The molecule has 21 heavy (non-hydrogen) atoms. The van der Waals surface area contributed by atoms with Crippen LogP contribution in [0.3, 0.4) is 0 Å². The lowest BCUT2D eigenvalue weighted by molar-refractivity contribution is -0.135. The summed E-state index contributed by atoms with van der Waals surface area (Å²) in [6.45, 7) is 6.26. The monoisotopic (exact) mass is 292 g/mol. The van der Waals surface area contributed by atoms with Gasteiger partial charge in [0.15, 0.2) is 11.6 Å². The summed E-state index contributed by atoms with van der Waals surface area (Å²) in [6.07, 6.45) is 2.00. The molecule has 0 radical (unpaired) electrons. The number of aromatic amines is 1. The molecule has 114 valence electrons. The number of morpholine rings is 1. The van der Waals surface area contributed by atoms with E-state index < -0.39 is 0 Å². The second kappa shape index (κ2) is 5.85. The van der Waals surface area contributed by atoms with Crippen molar-refractivity contribution in [2.45, 2.75) is 32.3 Å². The Bertz CT molecular complexity index is 552. The molecular formula is C14H20N4O3. The first-order valence-corrected chi connectivity index (χ1v) is 7.29. The lowest BCUT2D eigenvalue weighted by Crippen LogP contribution is -2.43. The van der Waals surface area contributed by atoms with Gasteiger partial charge in [0.1, 0.15) is 6.10 Å². The normalized spacial score (nSPS) is 22.3. The Balaban J connectivity index is 1.68. The lowest BCUT2D eigenvalue weighted by atomic mass is 10.1. The van der Waals surface area contributed by atoms with E-state index in [9.17, 15) is 4.79 Å². The van der Waals surface area contributed by atoms with Crippen LogP contribution in [0, 0.1) is 0 Å². The molecule has 1 saturated heterocycles. The smallest absolute Gasteiger partial charge is 0.253 e. The molecule has 7 heteroatoms. The quantitative estimate of drug-likeness (QED) is 0.903. The van der Waals surface area contributed by atoms with Crippen LogP contribution >= 0.6 is 0 Å². The molecule has 0 aromatic carbocycles. The van der Waals surface area contributed by atoms with E-state index in [2.05, 4.69) is 15.2 Å². The topological polar surface area (TPSA) is 80.3 Å². The summed E-state index contributed by atoms with van der Waals surface area (Å²) in [6, 6.07) is 0. The minimum absolute atomic E-state index is 0.0319. The number of nitrogens with zero attached hydrogens (tertiary/aromatic N) is 3. The van der Waals surface area contributed by atoms with Crippen LogP contribution < -0.4 is 0 Å². The molecule has 1 aromatic heterocycles. The molecule has 0 unspecified atom stereocenters. The van der Waals surface area contributed by atoms with Gasteiger partial charge in [-0.25, -0.2) is 4.98 Å². The van der Waals surface area contributed by atoms with Crippen LogP contribution in [0.1, 0.15) is 43.9 Å². The number of hydrogen-bond acceptors (Lipinski definition) is 5. The number of rotatable bonds is 3. The molecule has 2 aliphatic heterocycles. The number of carbonyl (C=O) groups is 1. The van der Waals surface area contributed by atoms with Gasteiger partial charge in [0.25, 0.3) is 5.91 Å². The maximum Gasteiger partial charge on any atom is 0.253 e. The second-order valence-corrected chi connectivity index (χ2v) is 5.61. The van der Waals surface area contributed by atoms with Crippen LogP contribution in [0.5, 0.6) is 0 Å². The van der Waals surface area contributed by atoms with E-state index in [0.29, 0.717) is 38.5 Å². The fraction of sp³-hybridized carbons (Fsp3) is 0.643. The molecule has 7 nitrogen and oxygen atoms in total. The highest BCUT2D eigenvalue weighted by atomic mass is 16.5. The number of H-pyrrole nitrogens is 1. The second-order valence-electron chi connectivity index (χ2n) is 5.61. The van der Waals surface area contributed by atoms with E-state index in [1.165, 1.54) is 0 Å². The minimum atomic E-state index is -0.245. The summed E-state index contributed by atoms with van der Waals surface area (Å²) in [5.74, 6) is 1.75. The zero-order chi connectivity index (χ0) is 14.8. The van der Waals surface area contributed by atoms with E-state index in [-0.39, 0.29) is 17.9 Å². The van der Waals surface area contributed by atoms with Crippen LogP contribution in [-0.2, 0) is 14.3 Å². The molecule has 0 spiro atoms. The molecule has 0 saturated carbocycles. The first kappa shape index (κ1) is 14.1. The first-order chi connectivity index (χ1) is 10.1. The van der Waals surface area contributed by atoms with E-state index in [0.717, 1.165) is 11.4 Å². The van der Waals surface area contributed by atoms with Gasteiger partial charge in [-0.05, 0) is 0 Å². The molecule has 1 fully saturated rings. The van der Waals surface area contributed by atoms with Crippen molar-refractivity contribution in [1.29, 1.82) is 0 Å². The molecule has 2 aliphatic rings. The third-order valence-corrected chi connectivity index (χ3v) is 3.68. The van der Waals surface area contributed by atoms with Gasteiger partial charge in [-0.15, -0.1) is 0 Å². The average molecular weight is 292 g/mol.